The first-order chi connectivity index (χ1) is 7.91. The maximum absolute atomic E-state index is 11.6. The number of aromatic nitrogens is 2. The fourth-order valence-corrected chi connectivity index (χ4v) is 5.43. The largest absolute Gasteiger partial charge is 0.247 e. The van der Waals surface area contributed by atoms with Crippen LogP contribution in [0.1, 0.15) is 31.0 Å². The van der Waals surface area contributed by atoms with E-state index in [1.54, 1.807) is 4.68 Å². The Labute approximate surface area is 106 Å². The van der Waals surface area contributed by atoms with Crippen molar-refractivity contribution < 1.29 is 8.42 Å². The van der Waals surface area contributed by atoms with E-state index < -0.39 is 15.4 Å². The number of sulfone groups is 1. The van der Waals surface area contributed by atoms with Crippen LogP contribution in [0, 0.1) is 0 Å². The van der Waals surface area contributed by atoms with Gasteiger partial charge in [0, 0.05) is 5.56 Å². The van der Waals surface area contributed by atoms with Gasteiger partial charge in [-0.15, -0.1) is 0 Å². The lowest BCUT2D eigenvalue weighted by atomic mass is 10.0. The molecule has 94 valence electrons. The highest BCUT2D eigenvalue weighted by atomic mass is 35.5. The zero-order chi connectivity index (χ0) is 12.3. The predicted octanol–water partition coefficient (Wildman–Crippen LogP) is 1.56. The fraction of sp³-hybridized carbons (Fsp3) is 0.727. The van der Waals surface area contributed by atoms with Crippen LogP contribution < -0.4 is 0 Å². The molecular weight excluding hydrogens is 260 g/mol. The number of fused-ring (bicyclic) bond motifs is 1. The van der Waals surface area contributed by atoms with Crippen LogP contribution in [0.4, 0.5) is 0 Å². The molecule has 0 spiro atoms. The van der Waals surface area contributed by atoms with Crippen LogP contribution in [-0.4, -0.2) is 29.7 Å². The highest BCUT2D eigenvalue weighted by Gasteiger charge is 2.42. The molecule has 0 N–H and O–H groups in total. The van der Waals surface area contributed by atoms with Crippen molar-refractivity contribution in [3.05, 3.63) is 16.4 Å². The highest BCUT2D eigenvalue weighted by molar-refractivity contribution is 7.91. The summed E-state index contributed by atoms with van der Waals surface area (Å²) in [6.07, 6.45) is 3.64. The van der Waals surface area contributed by atoms with Gasteiger partial charge in [-0.25, -0.2) is 13.1 Å². The molecule has 6 heteroatoms. The van der Waals surface area contributed by atoms with Crippen molar-refractivity contribution in [3.8, 4) is 0 Å². The number of hydrogen-bond acceptors (Lipinski definition) is 3. The molecule has 0 radical (unpaired) electrons. The summed E-state index contributed by atoms with van der Waals surface area (Å²) in [4.78, 5) is 0. The SMILES string of the molecule is CC1(n2nc3c(c2Cl)CCC3)CCS(=O)(=O)C1. The maximum atomic E-state index is 11.6. The van der Waals surface area contributed by atoms with Crippen LogP contribution in [0.2, 0.25) is 5.15 Å². The van der Waals surface area contributed by atoms with Crippen molar-refractivity contribution in [2.75, 3.05) is 11.5 Å². The molecule has 1 aliphatic carbocycles. The van der Waals surface area contributed by atoms with Crippen LogP contribution in [0.5, 0.6) is 0 Å². The third-order valence-electron chi connectivity index (χ3n) is 3.84. The van der Waals surface area contributed by atoms with Crippen molar-refractivity contribution >= 4 is 21.4 Å². The first-order valence-electron chi connectivity index (χ1n) is 5.88. The average Bonchev–Trinajstić information content (AvgIpc) is 2.85. The van der Waals surface area contributed by atoms with Crippen LogP contribution in [-0.2, 0) is 28.2 Å². The summed E-state index contributed by atoms with van der Waals surface area (Å²) < 4.78 is 25.0. The molecule has 3 rings (SSSR count). The van der Waals surface area contributed by atoms with Gasteiger partial charge in [0.1, 0.15) is 5.15 Å². The molecular formula is C11H15ClN2O2S. The summed E-state index contributed by atoms with van der Waals surface area (Å²) in [6.45, 7) is 1.94. The molecule has 1 aliphatic heterocycles. The van der Waals surface area contributed by atoms with E-state index in [4.69, 9.17) is 11.6 Å². The fourth-order valence-electron chi connectivity index (χ4n) is 2.87. The Morgan fingerprint density at radius 2 is 2.18 bits per heavy atom. The minimum absolute atomic E-state index is 0.153. The van der Waals surface area contributed by atoms with E-state index in [1.165, 1.54) is 0 Å². The molecule has 1 aromatic rings. The summed E-state index contributed by atoms with van der Waals surface area (Å²) >= 11 is 6.34. The molecule has 0 saturated carbocycles. The van der Waals surface area contributed by atoms with Gasteiger partial charge in [0.25, 0.3) is 0 Å². The topological polar surface area (TPSA) is 52.0 Å². The summed E-state index contributed by atoms with van der Waals surface area (Å²) in [5, 5.41) is 5.18. The van der Waals surface area contributed by atoms with E-state index in [-0.39, 0.29) is 11.5 Å². The van der Waals surface area contributed by atoms with Crippen molar-refractivity contribution in [2.45, 2.75) is 38.1 Å². The molecule has 2 aliphatic rings. The van der Waals surface area contributed by atoms with Gasteiger partial charge < -0.3 is 0 Å². The highest BCUT2D eigenvalue weighted by Crippen LogP contribution is 2.37. The second-order valence-electron chi connectivity index (χ2n) is 5.32. The van der Waals surface area contributed by atoms with Crippen molar-refractivity contribution in [2.24, 2.45) is 0 Å². The summed E-state index contributed by atoms with van der Waals surface area (Å²) in [7, 11) is -2.93. The number of nitrogens with zero attached hydrogens (tertiary/aromatic N) is 2. The second kappa shape index (κ2) is 3.48. The van der Waals surface area contributed by atoms with Crippen LogP contribution >= 0.6 is 11.6 Å². The number of aryl methyl sites for hydroxylation is 1. The summed E-state index contributed by atoms with van der Waals surface area (Å²) in [6, 6.07) is 0. The molecule has 0 bridgehead atoms. The molecule has 0 amide bonds. The summed E-state index contributed by atoms with van der Waals surface area (Å²) in [5.74, 6) is 0.393. The minimum Gasteiger partial charge on any atom is -0.247 e. The first kappa shape index (κ1) is 11.5. The van der Waals surface area contributed by atoms with E-state index in [2.05, 4.69) is 5.10 Å². The van der Waals surface area contributed by atoms with E-state index in [1.807, 2.05) is 6.92 Å². The molecule has 0 aromatic carbocycles. The maximum Gasteiger partial charge on any atom is 0.152 e. The molecule has 1 saturated heterocycles. The monoisotopic (exact) mass is 274 g/mol. The van der Waals surface area contributed by atoms with Gasteiger partial charge in [0.2, 0.25) is 0 Å². The average molecular weight is 275 g/mol. The Bertz CT molecular complexity index is 579. The standard InChI is InChI=1S/C11H15ClN2O2S/c1-11(5-6-17(15,16)7-11)14-10(12)8-3-2-4-9(8)13-14/h2-7H2,1H3. The van der Waals surface area contributed by atoms with Crippen LogP contribution in [0.25, 0.3) is 0 Å². The lowest BCUT2D eigenvalue weighted by Gasteiger charge is -2.24. The van der Waals surface area contributed by atoms with E-state index in [9.17, 15) is 8.42 Å². The molecule has 1 atom stereocenters. The predicted molar refractivity (Wildman–Crippen MR) is 66.2 cm³/mol. The molecule has 1 fully saturated rings. The van der Waals surface area contributed by atoms with Crippen molar-refractivity contribution in [3.63, 3.8) is 0 Å². The van der Waals surface area contributed by atoms with Gasteiger partial charge in [-0.3, -0.25) is 0 Å². The first-order valence-corrected chi connectivity index (χ1v) is 8.08. The summed E-state index contributed by atoms with van der Waals surface area (Å²) in [5.41, 5.74) is 1.72. The van der Waals surface area contributed by atoms with Gasteiger partial charge in [-0.2, -0.15) is 5.10 Å². The minimum atomic E-state index is -2.93. The Morgan fingerprint density at radius 1 is 1.41 bits per heavy atom. The van der Waals surface area contributed by atoms with Gasteiger partial charge >= 0.3 is 0 Å². The third-order valence-corrected chi connectivity index (χ3v) is 6.11. The van der Waals surface area contributed by atoms with Crippen molar-refractivity contribution in [1.82, 2.24) is 9.78 Å². The van der Waals surface area contributed by atoms with Crippen molar-refractivity contribution in [1.29, 1.82) is 0 Å². The van der Waals surface area contributed by atoms with E-state index in [0.29, 0.717) is 11.6 Å². The molecule has 1 unspecified atom stereocenters. The zero-order valence-corrected chi connectivity index (χ0v) is 11.3. The molecule has 4 nitrogen and oxygen atoms in total. The Kier molecular flexibility index (Phi) is 2.36. The molecule has 1 aromatic heterocycles. The van der Waals surface area contributed by atoms with Gasteiger partial charge in [-0.1, -0.05) is 11.6 Å². The lowest BCUT2D eigenvalue weighted by molar-refractivity contribution is 0.326. The van der Waals surface area contributed by atoms with Crippen LogP contribution in [0.15, 0.2) is 0 Å². The lowest BCUT2D eigenvalue weighted by Crippen LogP contribution is -2.32. The van der Waals surface area contributed by atoms with Gasteiger partial charge in [0.05, 0.1) is 22.7 Å². The smallest absolute Gasteiger partial charge is 0.152 e. The van der Waals surface area contributed by atoms with E-state index in [0.717, 1.165) is 30.5 Å². The number of rotatable bonds is 1. The third kappa shape index (κ3) is 1.71. The van der Waals surface area contributed by atoms with Gasteiger partial charge in [-0.05, 0) is 32.6 Å². The Morgan fingerprint density at radius 3 is 2.76 bits per heavy atom. The number of halogens is 1. The molecule has 17 heavy (non-hydrogen) atoms. The number of hydrogen-bond donors (Lipinski definition) is 0. The zero-order valence-electron chi connectivity index (χ0n) is 9.74. The normalized spacial score (nSPS) is 30.7. The van der Waals surface area contributed by atoms with Gasteiger partial charge in [0.15, 0.2) is 9.84 Å². The van der Waals surface area contributed by atoms with Crippen LogP contribution in [0.3, 0.4) is 0 Å². The Hall–Kier alpha value is -0.550. The van der Waals surface area contributed by atoms with E-state index >= 15 is 0 Å². The second-order valence-corrected chi connectivity index (χ2v) is 7.86. The Balaban J connectivity index is 2.06. The molecule has 2 heterocycles. The quantitative estimate of drug-likeness (QED) is 0.781.